The monoisotopic (exact) mass is 435 g/mol. The number of amidine groups is 1. The smallest absolute Gasteiger partial charge is 0.323 e. The summed E-state index contributed by atoms with van der Waals surface area (Å²) < 4.78 is 7.12. The van der Waals surface area contributed by atoms with Gasteiger partial charge >= 0.3 is 5.97 Å². The number of rotatable bonds is 6. The van der Waals surface area contributed by atoms with Crippen LogP contribution in [0.5, 0.6) is 5.75 Å². The van der Waals surface area contributed by atoms with E-state index in [4.69, 9.17) is 4.74 Å². The fourth-order valence-corrected chi connectivity index (χ4v) is 4.33. The van der Waals surface area contributed by atoms with Crippen LogP contribution in [0.15, 0.2) is 64.6 Å². The topological polar surface area (TPSA) is 84.1 Å². The van der Waals surface area contributed by atoms with Gasteiger partial charge in [-0.15, -0.1) is 0 Å². The number of likely N-dealkylation sites (N-methyl/N-ethyl adjacent to an activating group) is 1. The Labute approximate surface area is 183 Å². The minimum Gasteiger partial charge on any atom is -0.494 e. The third-order valence-electron chi connectivity index (χ3n) is 4.79. The molecular formula is C23H21N3O4S. The van der Waals surface area contributed by atoms with Crippen LogP contribution >= 0.6 is 11.8 Å². The van der Waals surface area contributed by atoms with Crippen LogP contribution in [0.25, 0.3) is 17.0 Å². The molecule has 1 amide bonds. The van der Waals surface area contributed by atoms with Crippen molar-refractivity contribution in [2.45, 2.75) is 13.5 Å². The van der Waals surface area contributed by atoms with Gasteiger partial charge in [0.05, 0.1) is 17.2 Å². The van der Waals surface area contributed by atoms with Crippen LogP contribution in [0.3, 0.4) is 0 Å². The van der Waals surface area contributed by atoms with Crippen molar-refractivity contribution in [3.8, 4) is 5.75 Å². The van der Waals surface area contributed by atoms with Crippen molar-refractivity contribution < 1.29 is 19.4 Å². The Kier molecular flexibility index (Phi) is 5.81. The number of carboxylic acids is 1. The number of fused-ring (bicyclic) bond motifs is 1. The van der Waals surface area contributed by atoms with Gasteiger partial charge in [-0.2, -0.15) is 0 Å². The van der Waals surface area contributed by atoms with Crippen molar-refractivity contribution in [2.24, 2.45) is 4.99 Å². The average Bonchev–Trinajstić information content (AvgIpc) is 3.22. The molecule has 0 spiro atoms. The van der Waals surface area contributed by atoms with Gasteiger partial charge in [-0.3, -0.25) is 14.5 Å². The van der Waals surface area contributed by atoms with E-state index < -0.39 is 5.97 Å². The first-order valence-corrected chi connectivity index (χ1v) is 10.6. The maximum absolute atomic E-state index is 12.8. The Hall–Kier alpha value is -3.52. The number of carbonyl (C=O) groups is 2. The maximum atomic E-state index is 12.8. The number of hydrogen-bond donors (Lipinski definition) is 1. The second-order valence-electron chi connectivity index (χ2n) is 6.92. The first-order valence-electron chi connectivity index (χ1n) is 9.75. The molecule has 1 aliphatic heterocycles. The van der Waals surface area contributed by atoms with E-state index in [0.29, 0.717) is 16.7 Å². The Morgan fingerprint density at radius 2 is 1.94 bits per heavy atom. The number of hydrogen-bond acceptors (Lipinski definition) is 5. The van der Waals surface area contributed by atoms with Crippen molar-refractivity contribution in [3.05, 3.63) is 65.2 Å². The van der Waals surface area contributed by atoms with Gasteiger partial charge in [-0.25, -0.2) is 4.99 Å². The molecule has 1 N–H and O–H groups in total. The quantitative estimate of drug-likeness (QED) is 0.582. The number of ether oxygens (including phenoxy) is 1. The zero-order valence-electron chi connectivity index (χ0n) is 17.1. The van der Waals surface area contributed by atoms with Crippen LogP contribution in [-0.4, -0.2) is 45.3 Å². The molecule has 1 saturated heterocycles. The number of para-hydroxylation sites is 1. The average molecular weight is 436 g/mol. The molecule has 1 aliphatic rings. The number of amides is 1. The van der Waals surface area contributed by atoms with Crippen molar-refractivity contribution in [2.75, 3.05) is 13.7 Å². The number of nitrogens with zero attached hydrogens (tertiary/aromatic N) is 3. The van der Waals surface area contributed by atoms with Gasteiger partial charge in [0.2, 0.25) is 0 Å². The number of aromatic nitrogens is 1. The predicted molar refractivity (Wildman–Crippen MR) is 123 cm³/mol. The molecule has 2 aromatic carbocycles. The van der Waals surface area contributed by atoms with E-state index in [0.717, 1.165) is 27.9 Å². The van der Waals surface area contributed by atoms with E-state index in [2.05, 4.69) is 4.99 Å². The molecule has 158 valence electrons. The largest absolute Gasteiger partial charge is 0.494 e. The van der Waals surface area contributed by atoms with Gasteiger partial charge in [0.15, 0.2) is 5.17 Å². The molecule has 0 unspecified atom stereocenters. The summed E-state index contributed by atoms with van der Waals surface area (Å²) in [5.74, 6) is -0.297. The maximum Gasteiger partial charge on any atom is 0.323 e. The summed E-state index contributed by atoms with van der Waals surface area (Å²) in [5.41, 5.74) is 2.33. The first kappa shape index (κ1) is 20.7. The van der Waals surface area contributed by atoms with Gasteiger partial charge in [-0.1, -0.05) is 18.2 Å². The first-order chi connectivity index (χ1) is 15.0. The molecule has 1 aromatic heterocycles. The lowest BCUT2D eigenvalue weighted by atomic mass is 10.1. The summed E-state index contributed by atoms with van der Waals surface area (Å²) in [6.07, 6.45) is 3.56. The number of aliphatic carboxylic acids is 1. The summed E-state index contributed by atoms with van der Waals surface area (Å²) in [4.78, 5) is 30.7. The van der Waals surface area contributed by atoms with Crippen LogP contribution in [-0.2, 0) is 16.1 Å². The Balaban J connectivity index is 1.65. The molecule has 31 heavy (non-hydrogen) atoms. The van der Waals surface area contributed by atoms with E-state index in [1.165, 1.54) is 16.7 Å². The van der Waals surface area contributed by atoms with Crippen molar-refractivity contribution >= 4 is 51.5 Å². The molecule has 8 heteroatoms. The molecule has 2 heterocycles. The second kappa shape index (κ2) is 8.69. The van der Waals surface area contributed by atoms with E-state index in [1.807, 2.05) is 55.5 Å². The highest BCUT2D eigenvalue weighted by Crippen LogP contribution is 2.35. The van der Waals surface area contributed by atoms with E-state index in [-0.39, 0.29) is 12.5 Å². The highest BCUT2D eigenvalue weighted by Gasteiger charge is 2.30. The summed E-state index contributed by atoms with van der Waals surface area (Å²) in [6, 6.07) is 14.9. The number of carbonyl (C=O) groups excluding carboxylic acids is 1. The molecule has 7 nitrogen and oxygen atoms in total. The van der Waals surface area contributed by atoms with Crippen LogP contribution in [0.2, 0.25) is 0 Å². The van der Waals surface area contributed by atoms with E-state index >= 15 is 0 Å². The Morgan fingerprint density at radius 1 is 1.19 bits per heavy atom. The Morgan fingerprint density at radius 3 is 2.65 bits per heavy atom. The van der Waals surface area contributed by atoms with Crippen LogP contribution in [0.4, 0.5) is 5.69 Å². The number of thioether (sulfide) groups is 1. The molecule has 0 saturated carbocycles. The molecule has 3 aromatic rings. The van der Waals surface area contributed by atoms with Gasteiger partial charge in [0, 0.05) is 29.7 Å². The normalized spacial score (nSPS) is 16.6. The van der Waals surface area contributed by atoms with Crippen molar-refractivity contribution in [3.63, 3.8) is 0 Å². The molecular weight excluding hydrogens is 414 g/mol. The molecule has 0 radical (unpaired) electrons. The van der Waals surface area contributed by atoms with E-state index in [1.54, 1.807) is 23.9 Å². The summed E-state index contributed by atoms with van der Waals surface area (Å²) >= 11 is 1.29. The lowest BCUT2D eigenvalue weighted by Gasteiger charge is -2.07. The lowest BCUT2D eigenvalue weighted by Crippen LogP contribution is -2.23. The number of carboxylic acid groups (broad SMARTS) is 1. The van der Waals surface area contributed by atoms with Crippen LogP contribution in [0.1, 0.15) is 12.5 Å². The fraction of sp³-hybridized carbons (Fsp3) is 0.174. The summed E-state index contributed by atoms with van der Waals surface area (Å²) in [5, 5.41) is 10.7. The van der Waals surface area contributed by atoms with Crippen LogP contribution < -0.4 is 4.74 Å². The molecule has 4 rings (SSSR count). The highest BCUT2D eigenvalue weighted by molar-refractivity contribution is 8.18. The SMILES string of the molecule is CCOc1ccc(N=C2S/C(=C\c3cn(CC(=O)O)c4ccccc34)C(=O)N2C)cc1. The predicted octanol–water partition coefficient (Wildman–Crippen LogP) is 4.36. The standard InChI is InChI=1S/C23H21N3O4S/c1-3-30-17-10-8-16(9-11-17)24-23-25(2)22(29)20(31-23)12-15-13-26(14-21(27)28)19-7-5-4-6-18(15)19/h4-13H,3,14H2,1-2H3,(H,27,28)/b20-12-,24-23?. The van der Waals surface area contributed by atoms with Crippen LogP contribution in [0, 0.1) is 0 Å². The number of aliphatic imine (C=N–C) groups is 1. The van der Waals surface area contributed by atoms with Crippen molar-refractivity contribution in [1.82, 2.24) is 9.47 Å². The molecule has 0 bridgehead atoms. The second-order valence-corrected chi connectivity index (χ2v) is 7.93. The Bertz CT molecular complexity index is 1210. The van der Waals surface area contributed by atoms with Gasteiger partial charge in [0.25, 0.3) is 5.91 Å². The van der Waals surface area contributed by atoms with E-state index in [9.17, 15) is 14.7 Å². The van der Waals surface area contributed by atoms with Gasteiger partial charge < -0.3 is 14.4 Å². The zero-order chi connectivity index (χ0) is 22.0. The molecule has 1 fully saturated rings. The van der Waals surface area contributed by atoms with Gasteiger partial charge in [0.1, 0.15) is 12.3 Å². The summed E-state index contributed by atoms with van der Waals surface area (Å²) in [6.45, 7) is 2.38. The van der Waals surface area contributed by atoms with Gasteiger partial charge in [-0.05, 0) is 55.1 Å². The fourth-order valence-electron chi connectivity index (χ4n) is 3.35. The molecule has 0 aliphatic carbocycles. The lowest BCUT2D eigenvalue weighted by molar-refractivity contribution is -0.137. The zero-order valence-corrected chi connectivity index (χ0v) is 17.9. The highest BCUT2D eigenvalue weighted by atomic mass is 32.2. The molecule has 0 atom stereocenters. The number of benzene rings is 2. The third-order valence-corrected chi connectivity index (χ3v) is 5.85. The van der Waals surface area contributed by atoms with Crippen molar-refractivity contribution in [1.29, 1.82) is 0 Å². The summed E-state index contributed by atoms with van der Waals surface area (Å²) in [7, 11) is 1.69. The minimum atomic E-state index is -0.921. The third kappa shape index (κ3) is 4.34. The minimum absolute atomic E-state index is 0.144.